The Bertz CT molecular complexity index is 225. The third kappa shape index (κ3) is 3.22. The van der Waals surface area contributed by atoms with E-state index in [2.05, 4.69) is 40.9 Å². The summed E-state index contributed by atoms with van der Waals surface area (Å²) < 4.78 is 0. The van der Waals surface area contributed by atoms with Gasteiger partial charge in [-0.25, -0.2) is 0 Å². The van der Waals surface area contributed by atoms with Crippen molar-refractivity contribution >= 4 is 0 Å². The highest BCUT2D eigenvalue weighted by Gasteiger charge is 2.30. The molecule has 0 aromatic rings. The summed E-state index contributed by atoms with van der Waals surface area (Å²) in [6.45, 7) is 17.3. The zero-order valence-corrected chi connectivity index (χ0v) is 10.8. The number of rotatable bonds is 3. The second kappa shape index (κ2) is 5.01. The maximum Gasteiger partial charge on any atom is -0.0200 e. The molecule has 1 aliphatic rings. The monoisotopic (exact) mass is 206 g/mol. The second-order valence-electron chi connectivity index (χ2n) is 5.80. The molecule has 0 aromatic heterocycles. The molecule has 0 bridgehead atoms. The Labute approximate surface area is 95.5 Å². The molecule has 0 heterocycles. The van der Waals surface area contributed by atoms with Crippen LogP contribution in [0.5, 0.6) is 0 Å². The van der Waals surface area contributed by atoms with E-state index in [1.807, 2.05) is 0 Å². The van der Waals surface area contributed by atoms with Crippen LogP contribution in [0.3, 0.4) is 0 Å². The van der Waals surface area contributed by atoms with Gasteiger partial charge in [0.2, 0.25) is 0 Å². The van der Waals surface area contributed by atoms with Gasteiger partial charge in [-0.05, 0) is 56.8 Å². The molecule has 2 unspecified atom stereocenters. The topological polar surface area (TPSA) is 0 Å². The molecular formula is C15H26. The lowest BCUT2D eigenvalue weighted by molar-refractivity contribution is 0.193. The lowest BCUT2D eigenvalue weighted by Gasteiger charge is -2.37. The van der Waals surface area contributed by atoms with E-state index in [1.54, 1.807) is 0 Å². The Morgan fingerprint density at radius 1 is 0.933 bits per heavy atom. The molecule has 0 spiro atoms. The third-order valence-corrected chi connectivity index (χ3v) is 4.08. The van der Waals surface area contributed by atoms with Gasteiger partial charge in [-0.15, -0.1) is 0 Å². The lowest BCUT2D eigenvalue weighted by Crippen LogP contribution is -2.26. The maximum absolute atomic E-state index is 4.14. The van der Waals surface area contributed by atoms with Gasteiger partial charge in [-0.3, -0.25) is 0 Å². The van der Waals surface area contributed by atoms with Gasteiger partial charge in [0.25, 0.3) is 0 Å². The Balaban J connectivity index is 2.72. The molecule has 1 rings (SSSR count). The molecule has 2 atom stereocenters. The van der Waals surface area contributed by atoms with Crippen LogP contribution in [0.15, 0.2) is 24.3 Å². The minimum Gasteiger partial charge on any atom is -0.0999 e. The number of hydrogen-bond acceptors (Lipinski definition) is 0. The van der Waals surface area contributed by atoms with E-state index in [1.165, 1.54) is 30.4 Å². The summed E-state index contributed by atoms with van der Waals surface area (Å²) in [5, 5.41) is 0. The van der Waals surface area contributed by atoms with E-state index in [0.717, 1.165) is 23.7 Å². The van der Waals surface area contributed by atoms with Crippen molar-refractivity contribution in [3.05, 3.63) is 24.3 Å². The molecule has 0 saturated heterocycles. The van der Waals surface area contributed by atoms with Crippen LogP contribution < -0.4 is 0 Å². The van der Waals surface area contributed by atoms with Crippen molar-refractivity contribution in [3.63, 3.8) is 0 Å². The zero-order chi connectivity index (χ0) is 11.6. The lowest BCUT2D eigenvalue weighted by atomic mass is 9.68. The van der Waals surface area contributed by atoms with Gasteiger partial charge in [0, 0.05) is 0 Å². The highest BCUT2D eigenvalue weighted by atomic mass is 14.4. The fraction of sp³-hybridized carbons (Fsp3) is 0.733. The molecular weight excluding hydrogens is 180 g/mol. The fourth-order valence-electron chi connectivity index (χ4n) is 2.71. The van der Waals surface area contributed by atoms with E-state index in [0.29, 0.717) is 0 Å². The Kier molecular flexibility index (Phi) is 4.19. The van der Waals surface area contributed by atoms with E-state index in [-0.39, 0.29) is 0 Å². The SMILES string of the molecule is C=C(C)C1CC(C(=C)C)CC(C(C)C)C1. The van der Waals surface area contributed by atoms with Crippen LogP contribution in [-0.4, -0.2) is 0 Å². The summed E-state index contributed by atoms with van der Waals surface area (Å²) in [5.74, 6) is 3.12. The third-order valence-electron chi connectivity index (χ3n) is 4.08. The van der Waals surface area contributed by atoms with Gasteiger partial charge >= 0.3 is 0 Å². The summed E-state index contributed by atoms with van der Waals surface area (Å²) in [6.07, 6.45) is 3.97. The van der Waals surface area contributed by atoms with Crippen molar-refractivity contribution in [2.75, 3.05) is 0 Å². The predicted molar refractivity (Wildman–Crippen MR) is 68.8 cm³/mol. The van der Waals surface area contributed by atoms with Gasteiger partial charge in [-0.1, -0.05) is 38.2 Å². The molecule has 0 aromatic carbocycles. The number of hydrogen-bond donors (Lipinski definition) is 0. The average Bonchev–Trinajstić information content (AvgIpc) is 2.16. The van der Waals surface area contributed by atoms with E-state index < -0.39 is 0 Å². The molecule has 15 heavy (non-hydrogen) atoms. The molecule has 1 aliphatic carbocycles. The van der Waals surface area contributed by atoms with Gasteiger partial charge in [-0.2, -0.15) is 0 Å². The standard InChI is InChI=1S/C15H26/c1-10(2)13-7-14(11(3)4)9-15(8-13)12(5)6/h12-15H,1,3,7-9H2,2,4-6H3. The van der Waals surface area contributed by atoms with Crippen molar-refractivity contribution in [3.8, 4) is 0 Å². The number of allylic oxidation sites excluding steroid dienone is 2. The van der Waals surface area contributed by atoms with E-state index in [4.69, 9.17) is 0 Å². The van der Waals surface area contributed by atoms with Gasteiger partial charge in [0.15, 0.2) is 0 Å². The summed E-state index contributed by atoms with van der Waals surface area (Å²) in [6, 6.07) is 0. The summed E-state index contributed by atoms with van der Waals surface area (Å²) in [5.41, 5.74) is 2.73. The fourth-order valence-corrected chi connectivity index (χ4v) is 2.71. The van der Waals surface area contributed by atoms with E-state index >= 15 is 0 Å². The summed E-state index contributed by atoms with van der Waals surface area (Å²) in [7, 11) is 0. The van der Waals surface area contributed by atoms with Crippen LogP contribution >= 0.6 is 0 Å². The molecule has 86 valence electrons. The largest absolute Gasteiger partial charge is 0.0999 e. The normalized spacial score (nSPS) is 31.7. The van der Waals surface area contributed by atoms with Crippen molar-refractivity contribution in [2.45, 2.75) is 47.0 Å². The molecule has 0 N–H and O–H groups in total. The summed E-state index contributed by atoms with van der Waals surface area (Å²) >= 11 is 0. The second-order valence-corrected chi connectivity index (χ2v) is 5.80. The molecule has 0 aliphatic heterocycles. The van der Waals surface area contributed by atoms with Crippen LogP contribution in [0.4, 0.5) is 0 Å². The molecule has 1 saturated carbocycles. The quantitative estimate of drug-likeness (QED) is 0.580. The predicted octanol–water partition coefficient (Wildman–Crippen LogP) is 4.83. The first-order chi connectivity index (χ1) is 6.91. The van der Waals surface area contributed by atoms with Crippen LogP contribution in [0.25, 0.3) is 0 Å². The highest BCUT2D eigenvalue weighted by Crippen LogP contribution is 2.42. The molecule has 0 heteroatoms. The van der Waals surface area contributed by atoms with Crippen molar-refractivity contribution in [1.82, 2.24) is 0 Å². The molecule has 1 fully saturated rings. The first-order valence-electron chi connectivity index (χ1n) is 6.22. The summed E-state index contributed by atoms with van der Waals surface area (Å²) in [4.78, 5) is 0. The van der Waals surface area contributed by atoms with Crippen LogP contribution in [-0.2, 0) is 0 Å². The van der Waals surface area contributed by atoms with Crippen LogP contribution in [0, 0.1) is 23.7 Å². The molecule has 0 radical (unpaired) electrons. The smallest absolute Gasteiger partial charge is 0.0200 e. The zero-order valence-electron chi connectivity index (χ0n) is 10.8. The highest BCUT2D eigenvalue weighted by molar-refractivity contribution is 5.06. The Morgan fingerprint density at radius 3 is 1.60 bits per heavy atom. The van der Waals surface area contributed by atoms with Gasteiger partial charge < -0.3 is 0 Å². The van der Waals surface area contributed by atoms with Crippen LogP contribution in [0.2, 0.25) is 0 Å². The maximum atomic E-state index is 4.14. The van der Waals surface area contributed by atoms with Gasteiger partial charge in [0.1, 0.15) is 0 Å². The van der Waals surface area contributed by atoms with Gasteiger partial charge in [0.05, 0.1) is 0 Å². The van der Waals surface area contributed by atoms with Crippen molar-refractivity contribution < 1.29 is 0 Å². The van der Waals surface area contributed by atoms with Crippen molar-refractivity contribution in [1.29, 1.82) is 0 Å². The average molecular weight is 206 g/mol. The first kappa shape index (κ1) is 12.5. The molecule has 0 amide bonds. The van der Waals surface area contributed by atoms with Crippen molar-refractivity contribution in [2.24, 2.45) is 23.7 Å². The molecule has 0 nitrogen and oxygen atoms in total. The minimum absolute atomic E-state index is 0.729. The van der Waals surface area contributed by atoms with E-state index in [9.17, 15) is 0 Å². The van der Waals surface area contributed by atoms with Crippen LogP contribution in [0.1, 0.15) is 47.0 Å². The Morgan fingerprint density at radius 2 is 1.33 bits per heavy atom. The minimum atomic E-state index is 0.729. The Hall–Kier alpha value is -0.520. The first-order valence-corrected chi connectivity index (χ1v) is 6.22.